The van der Waals surface area contributed by atoms with Gasteiger partial charge in [-0.15, -0.1) is 24.2 Å². The summed E-state index contributed by atoms with van der Waals surface area (Å²) in [5.41, 5.74) is 0. The molecule has 1 fully saturated rings. The van der Waals surface area contributed by atoms with Crippen molar-refractivity contribution in [3.05, 3.63) is 24.3 Å². The zero-order chi connectivity index (χ0) is 14.5. The van der Waals surface area contributed by atoms with E-state index in [1.165, 1.54) is 0 Å². The van der Waals surface area contributed by atoms with Crippen LogP contribution in [-0.4, -0.2) is 48.8 Å². The highest BCUT2D eigenvalue weighted by Gasteiger charge is 2.25. The van der Waals surface area contributed by atoms with Gasteiger partial charge in [0.1, 0.15) is 5.75 Å². The summed E-state index contributed by atoms with van der Waals surface area (Å²) in [6.07, 6.45) is 0. The van der Waals surface area contributed by atoms with Crippen LogP contribution in [0.4, 0.5) is 0 Å². The van der Waals surface area contributed by atoms with Crippen molar-refractivity contribution in [1.82, 2.24) is 10.2 Å². The number of hydrogen-bond acceptors (Lipinski definition) is 4. The number of thioether (sulfide) groups is 1. The number of nitrogens with one attached hydrogen (secondary N) is 1. The van der Waals surface area contributed by atoms with Gasteiger partial charge < -0.3 is 15.0 Å². The molecule has 21 heavy (non-hydrogen) atoms. The Labute approximate surface area is 137 Å². The molecule has 1 amide bonds. The number of amides is 1. The van der Waals surface area contributed by atoms with Crippen molar-refractivity contribution in [2.75, 3.05) is 26.7 Å². The summed E-state index contributed by atoms with van der Waals surface area (Å²) in [4.78, 5) is 15.5. The van der Waals surface area contributed by atoms with Crippen molar-refractivity contribution < 1.29 is 9.53 Å². The predicted molar refractivity (Wildman–Crippen MR) is 89.6 cm³/mol. The van der Waals surface area contributed by atoms with Gasteiger partial charge in [0.05, 0.1) is 12.4 Å². The SMILES string of the molecule is COc1ccc(SC(C)C(=O)N2CCNC(C)C2)cc1.Cl. The van der Waals surface area contributed by atoms with Crippen LogP contribution < -0.4 is 10.1 Å². The zero-order valence-electron chi connectivity index (χ0n) is 12.7. The van der Waals surface area contributed by atoms with E-state index in [9.17, 15) is 4.79 Å². The first-order valence-electron chi connectivity index (χ1n) is 6.93. The third kappa shape index (κ3) is 5.09. The predicted octanol–water partition coefficient (Wildman–Crippen LogP) is 2.42. The molecule has 1 aliphatic heterocycles. The van der Waals surface area contributed by atoms with Crippen LogP contribution in [-0.2, 0) is 4.79 Å². The van der Waals surface area contributed by atoms with E-state index in [2.05, 4.69) is 12.2 Å². The van der Waals surface area contributed by atoms with E-state index in [1.807, 2.05) is 36.1 Å². The maximum absolute atomic E-state index is 12.4. The highest BCUT2D eigenvalue weighted by atomic mass is 35.5. The van der Waals surface area contributed by atoms with Gasteiger partial charge in [0.15, 0.2) is 0 Å². The van der Waals surface area contributed by atoms with Crippen molar-refractivity contribution in [3.8, 4) is 5.75 Å². The summed E-state index contributed by atoms with van der Waals surface area (Å²) in [6.45, 7) is 6.57. The molecular formula is C15H23ClN2O2S. The van der Waals surface area contributed by atoms with Crippen molar-refractivity contribution in [2.45, 2.75) is 30.0 Å². The van der Waals surface area contributed by atoms with E-state index in [0.29, 0.717) is 6.04 Å². The second-order valence-electron chi connectivity index (χ2n) is 5.08. The number of halogens is 1. The minimum absolute atomic E-state index is 0. The minimum Gasteiger partial charge on any atom is -0.497 e. The topological polar surface area (TPSA) is 41.6 Å². The second-order valence-corrected chi connectivity index (χ2v) is 6.49. The number of ether oxygens (including phenoxy) is 1. The smallest absolute Gasteiger partial charge is 0.235 e. The van der Waals surface area contributed by atoms with Gasteiger partial charge >= 0.3 is 0 Å². The lowest BCUT2D eigenvalue weighted by Gasteiger charge is -2.33. The summed E-state index contributed by atoms with van der Waals surface area (Å²) in [6, 6.07) is 8.21. The van der Waals surface area contributed by atoms with Crippen LogP contribution in [0.5, 0.6) is 5.75 Å². The van der Waals surface area contributed by atoms with Crippen molar-refractivity contribution in [3.63, 3.8) is 0 Å². The fraction of sp³-hybridized carbons (Fsp3) is 0.533. The summed E-state index contributed by atoms with van der Waals surface area (Å²) in [5.74, 6) is 1.06. The Bertz CT molecular complexity index is 455. The van der Waals surface area contributed by atoms with Gasteiger partial charge in [-0.1, -0.05) is 0 Å². The Hall–Kier alpha value is -0.910. The van der Waals surface area contributed by atoms with Crippen LogP contribution in [0.15, 0.2) is 29.2 Å². The highest BCUT2D eigenvalue weighted by Crippen LogP contribution is 2.26. The first kappa shape index (κ1) is 18.1. The van der Waals surface area contributed by atoms with Crippen LogP contribution in [0.3, 0.4) is 0 Å². The fourth-order valence-corrected chi connectivity index (χ4v) is 3.25. The van der Waals surface area contributed by atoms with Crippen LogP contribution in [0.2, 0.25) is 0 Å². The Morgan fingerprint density at radius 2 is 2.10 bits per heavy atom. The maximum atomic E-state index is 12.4. The molecule has 0 aliphatic carbocycles. The first-order valence-corrected chi connectivity index (χ1v) is 7.81. The van der Waals surface area contributed by atoms with E-state index >= 15 is 0 Å². The van der Waals surface area contributed by atoms with Crippen molar-refractivity contribution in [2.24, 2.45) is 0 Å². The van der Waals surface area contributed by atoms with E-state index in [4.69, 9.17) is 4.74 Å². The molecule has 0 saturated carbocycles. The molecule has 0 aromatic heterocycles. The molecule has 118 valence electrons. The first-order chi connectivity index (χ1) is 9.60. The number of piperazine rings is 1. The van der Waals surface area contributed by atoms with Gasteiger partial charge in [0, 0.05) is 30.6 Å². The number of benzene rings is 1. The van der Waals surface area contributed by atoms with Gasteiger partial charge in [-0.2, -0.15) is 0 Å². The van der Waals surface area contributed by atoms with Gasteiger partial charge in [-0.3, -0.25) is 4.79 Å². The monoisotopic (exact) mass is 330 g/mol. The summed E-state index contributed by atoms with van der Waals surface area (Å²) < 4.78 is 5.14. The number of nitrogens with zero attached hydrogens (tertiary/aromatic N) is 1. The minimum atomic E-state index is -0.0614. The molecule has 2 unspecified atom stereocenters. The molecule has 1 aliphatic rings. The molecule has 1 aromatic rings. The number of hydrogen-bond donors (Lipinski definition) is 1. The average molecular weight is 331 g/mol. The molecule has 6 heteroatoms. The lowest BCUT2D eigenvalue weighted by atomic mass is 10.2. The molecule has 1 N–H and O–H groups in total. The molecule has 4 nitrogen and oxygen atoms in total. The molecule has 0 spiro atoms. The van der Waals surface area contributed by atoms with Gasteiger partial charge in [0.2, 0.25) is 5.91 Å². The van der Waals surface area contributed by atoms with Crippen LogP contribution in [0, 0.1) is 0 Å². The Balaban J connectivity index is 0.00000220. The molecule has 1 saturated heterocycles. The Morgan fingerprint density at radius 1 is 1.43 bits per heavy atom. The number of rotatable bonds is 4. The van der Waals surface area contributed by atoms with Crippen LogP contribution in [0.25, 0.3) is 0 Å². The Morgan fingerprint density at radius 3 is 2.67 bits per heavy atom. The highest BCUT2D eigenvalue weighted by molar-refractivity contribution is 8.00. The lowest BCUT2D eigenvalue weighted by molar-refractivity contribution is -0.131. The molecule has 0 bridgehead atoms. The molecule has 0 radical (unpaired) electrons. The molecule has 2 rings (SSSR count). The standard InChI is InChI=1S/C15H22N2O2S.ClH/c1-11-10-17(9-8-16-11)15(18)12(2)20-14-6-4-13(19-3)5-7-14;/h4-7,11-12,16H,8-10H2,1-3H3;1H. The van der Waals surface area contributed by atoms with Gasteiger partial charge in [-0.25, -0.2) is 0 Å². The summed E-state index contributed by atoms with van der Waals surface area (Å²) in [5, 5.41) is 3.29. The Kier molecular flexibility index (Phi) is 7.35. The van der Waals surface area contributed by atoms with Gasteiger partial charge in [0.25, 0.3) is 0 Å². The molecule has 1 heterocycles. The third-order valence-corrected chi connectivity index (χ3v) is 4.50. The van der Waals surface area contributed by atoms with Gasteiger partial charge in [-0.05, 0) is 38.1 Å². The van der Waals surface area contributed by atoms with E-state index in [-0.39, 0.29) is 23.6 Å². The second kappa shape index (κ2) is 8.51. The summed E-state index contributed by atoms with van der Waals surface area (Å²) >= 11 is 1.60. The molecule has 1 aromatic carbocycles. The number of carbonyl (C=O) groups is 1. The van der Waals surface area contributed by atoms with E-state index < -0.39 is 0 Å². The molecular weight excluding hydrogens is 308 g/mol. The largest absolute Gasteiger partial charge is 0.497 e. The summed E-state index contributed by atoms with van der Waals surface area (Å²) in [7, 11) is 1.65. The third-order valence-electron chi connectivity index (χ3n) is 3.40. The lowest BCUT2D eigenvalue weighted by Crippen LogP contribution is -2.53. The van der Waals surface area contributed by atoms with E-state index in [1.54, 1.807) is 18.9 Å². The average Bonchev–Trinajstić information content (AvgIpc) is 2.47. The quantitative estimate of drug-likeness (QED) is 0.861. The van der Waals surface area contributed by atoms with Crippen molar-refractivity contribution >= 4 is 30.1 Å². The maximum Gasteiger partial charge on any atom is 0.235 e. The number of methoxy groups -OCH3 is 1. The normalized spacial score (nSPS) is 19.6. The van der Waals surface area contributed by atoms with E-state index in [0.717, 1.165) is 30.3 Å². The zero-order valence-corrected chi connectivity index (χ0v) is 14.3. The van der Waals surface area contributed by atoms with Crippen molar-refractivity contribution in [1.29, 1.82) is 0 Å². The van der Waals surface area contributed by atoms with Crippen LogP contribution >= 0.6 is 24.2 Å². The van der Waals surface area contributed by atoms with Crippen LogP contribution in [0.1, 0.15) is 13.8 Å². The number of carbonyl (C=O) groups excluding carboxylic acids is 1. The molecule has 2 atom stereocenters. The fourth-order valence-electron chi connectivity index (χ4n) is 2.30.